The minimum absolute atomic E-state index is 0.163. The predicted molar refractivity (Wildman–Crippen MR) is 49.5 cm³/mol. The Bertz CT molecular complexity index is 408. The molecule has 3 heteroatoms. The Morgan fingerprint density at radius 1 is 1.54 bits per heavy atom. The molecule has 0 saturated carbocycles. The van der Waals surface area contributed by atoms with Gasteiger partial charge in [-0.1, -0.05) is 18.1 Å². The molecular weight excluding hydrogens is 166 g/mol. The summed E-state index contributed by atoms with van der Waals surface area (Å²) in [7, 11) is 0. The predicted octanol–water partition coefficient (Wildman–Crippen LogP) is 1.92. The van der Waals surface area contributed by atoms with E-state index >= 15 is 0 Å². The molecule has 0 spiro atoms. The summed E-state index contributed by atoms with van der Waals surface area (Å²) in [4.78, 5) is 0. The molecule has 0 bridgehead atoms. The molecule has 0 aliphatic carbocycles. The summed E-state index contributed by atoms with van der Waals surface area (Å²) in [6.07, 6.45) is 1.68. The van der Waals surface area contributed by atoms with Crippen molar-refractivity contribution in [3.05, 3.63) is 30.0 Å². The van der Waals surface area contributed by atoms with Gasteiger partial charge in [0.15, 0.2) is 5.58 Å². The number of rotatable bonds is 2. The molecule has 0 aliphatic rings. The quantitative estimate of drug-likeness (QED) is 0.762. The third kappa shape index (κ3) is 1.42. The zero-order valence-electron chi connectivity index (χ0n) is 7.40. The Morgan fingerprint density at radius 3 is 3.15 bits per heavy atom. The molecule has 0 fully saturated rings. The second kappa shape index (κ2) is 3.18. The van der Waals surface area contributed by atoms with Crippen molar-refractivity contribution in [3.63, 3.8) is 0 Å². The molecular formula is C10H11NO2. The third-order valence-electron chi connectivity index (χ3n) is 2.22. The normalized spacial score (nSPS) is 13.4. The number of hydrogen-bond acceptors (Lipinski definition) is 3. The van der Waals surface area contributed by atoms with E-state index in [4.69, 9.17) is 9.63 Å². The van der Waals surface area contributed by atoms with Crippen LogP contribution in [0.3, 0.4) is 0 Å². The van der Waals surface area contributed by atoms with Crippen LogP contribution in [0.15, 0.2) is 28.9 Å². The molecule has 1 aromatic heterocycles. The summed E-state index contributed by atoms with van der Waals surface area (Å²) in [6, 6.07) is 5.82. The molecule has 0 saturated heterocycles. The van der Waals surface area contributed by atoms with Crippen molar-refractivity contribution in [3.8, 4) is 0 Å². The van der Waals surface area contributed by atoms with Crippen molar-refractivity contribution < 1.29 is 9.63 Å². The average Bonchev–Trinajstić information content (AvgIpc) is 2.63. The lowest BCUT2D eigenvalue weighted by atomic mass is 10.0. The first-order valence-electron chi connectivity index (χ1n) is 4.26. The zero-order valence-corrected chi connectivity index (χ0v) is 7.40. The highest BCUT2D eigenvalue weighted by Crippen LogP contribution is 2.20. The smallest absolute Gasteiger partial charge is 0.166 e. The maximum absolute atomic E-state index is 8.97. The minimum atomic E-state index is 0.163. The third-order valence-corrected chi connectivity index (χ3v) is 2.22. The summed E-state index contributed by atoms with van der Waals surface area (Å²) in [5.74, 6) is 0.166. The molecule has 0 aliphatic heterocycles. The van der Waals surface area contributed by atoms with Crippen LogP contribution in [0.1, 0.15) is 18.4 Å². The molecule has 1 unspecified atom stereocenters. The Kier molecular flexibility index (Phi) is 2.02. The molecule has 68 valence electrons. The van der Waals surface area contributed by atoms with Crippen molar-refractivity contribution in [2.45, 2.75) is 12.8 Å². The number of fused-ring (bicyclic) bond motifs is 1. The maximum Gasteiger partial charge on any atom is 0.166 e. The van der Waals surface area contributed by atoms with Crippen LogP contribution in [-0.2, 0) is 0 Å². The first kappa shape index (κ1) is 8.26. The Balaban J connectivity index is 2.48. The summed E-state index contributed by atoms with van der Waals surface area (Å²) < 4.78 is 4.97. The number of nitrogens with zero attached hydrogens (tertiary/aromatic N) is 1. The molecule has 3 nitrogen and oxygen atoms in total. The summed E-state index contributed by atoms with van der Waals surface area (Å²) in [5.41, 5.74) is 1.90. The van der Waals surface area contributed by atoms with Crippen LogP contribution in [0.2, 0.25) is 0 Å². The Hall–Kier alpha value is -1.35. The highest BCUT2D eigenvalue weighted by Gasteiger charge is 2.05. The van der Waals surface area contributed by atoms with Gasteiger partial charge in [0, 0.05) is 17.9 Å². The summed E-state index contributed by atoms with van der Waals surface area (Å²) in [5, 5.41) is 13.6. The number of aliphatic hydroxyl groups excluding tert-OH is 1. The van der Waals surface area contributed by atoms with Crippen LogP contribution in [0.4, 0.5) is 0 Å². The van der Waals surface area contributed by atoms with Crippen LogP contribution in [0, 0.1) is 0 Å². The molecule has 2 rings (SSSR count). The van der Waals surface area contributed by atoms with E-state index in [9.17, 15) is 0 Å². The molecule has 2 aromatic rings. The van der Waals surface area contributed by atoms with Crippen molar-refractivity contribution in [1.29, 1.82) is 0 Å². The van der Waals surface area contributed by atoms with Gasteiger partial charge in [-0.3, -0.25) is 0 Å². The lowest BCUT2D eigenvalue weighted by molar-refractivity contribution is 0.273. The number of aliphatic hydroxyl groups is 1. The lowest BCUT2D eigenvalue weighted by Gasteiger charge is -2.06. The largest absolute Gasteiger partial charge is 0.396 e. The van der Waals surface area contributed by atoms with E-state index in [1.165, 1.54) is 0 Å². The van der Waals surface area contributed by atoms with Crippen LogP contribution in [-0.4, -0.2) is 16.9 Å². The highest BCUT2D eigenvalue weighted by atomic mass is 16.5. The lowest BCUT2D eigenvalue weighted by Crippen LogP contribution is -1.97. The monoisotopic (exact) mass is 177 g/mol. The molecule has 0 radical (unpaired) electrons. The van der Waals surface area contributed by atoms with E-state index in [1.54, 1.807) is 6.20 Å². The van der Waals surface area contributed by atoms with Gasteiger partial charge in [-0.05, 0) is 17.7 Å². The summed E-state index contributed by atoms with van der Waals surface area (Å²) >= 11 is 0. The van der Waals surface area contributed by atoms with Crippen LogP contribution < -0.4 is 0 Å². The summed E-state index contributed by atoms with van der Waals surface area (Å²) in [6.45, 7) is 2.14. The fourth-order valence-corrected chi connectivity index (χ4v) is 1.30. The number of benzene rings is 1. The van der Waals surface area contributed by atoms with Gasteiger partial charge in [-0.15, -0.1) is 0 Å². The van der Waals surface area contributed by atoms with Gasteiger partial charge in [0.05, 0.1) is 6.20 Å². The maximum atomic E-state index is 8.97. The second-order valence-corrected chi connectivity index (χ2v) is 3.21. The van der Waals surface area contributed by atoms with Crippen molar-refractivity contribution in [2.24, 2.45) is 0 Å². The number of aromatic nitrogens is 1. The average molecular weight is 177 g/mol. The van der Waals surface area contributed by atoms with Gasteiger partial charge in [0.2, 0.25) is 0 Å². The molecule has 13 heavy (non-hydrogen) atoms. The fourth-order valence-electron chi connectivity index (χ4n) is 1.30. The van der Waals surface area contributed by atoms with E-state index in [1.807, 2.05) is 25.1 Å². The fraction of sp³-hybridized carbons (Fsp3) is 0.300. The minimum Gasteiger partial charge on any atom is -0.396 e. The van der Waals surface area contributed by atoms with Crippen LogP contribution >= 0.6 is 0 Å². The van der Waals surface area contributed by atoms with Crippen molar-refractivity contribution >= 4 is 11.0 Å². The van der Waals surface area contributed by atoms with E-state index in [-0.39, 0.29) is 12.5 Å². The highest BCUT2D eigenvalue weighted by molar-refractivity contribution is 5.76. The van der Waals surface area contributed by atoms with E-state index < -0.39 is 0 Å². The van der Waals surface area contributed by atoms with E-state index in [0.717, 1.165) is 16.5 Å². The topological polar surface area (TPSA) is 46.3 Å². The Labute approximate surface area is 76.0 Å². The van der Waals surface area contributed by atoms with Crippen molar-refractivity contribution in [1.82, 2.24) is 5.16 Å². The van der Waals surface area contributed by atoms with Gasteiger partial charge in [0.1, 0.15) is 0 Å². The Morgan fingerprint density at radius 2 is 2.38 bits per heavy atom. The van der Waals surface area contributed by atoms with Crippen molar-refractivity contribution in [2.75, 3.05) is 6.61 Å². The molecule has 1 N–H and O–H groups in total. The molecule has 1 aromatic carbocycles. The standard InChI is InChI=1S/C10H11NO2/c1-7(6-12)8-2-3-10-9(4-8)5-11-13-10/h2-5,7,12H,6H2,1H3. The first-order chi connectivity index (χ1) is 6.31. The van der Waals surface area contributed by atoms with Crippen LogP contribution in [0.25, 0.3) is 11.0 Å². The molecule has 1 atom stereocenters. The van der Waals surface area contributed by atoms with Gasteiger partial charge in [0.25, 0.3) is 0 Å². The van der Waals surface area contributed by atoms with Gasteiger partial charge < -0.3 is 9.63 Å². The van der Waals surface area contributed by atoms with E-state index in [0.29, 0.717) is 0 Å². The molecule has 0 amide bonds. The second-order valence-electron chi connectivity index (χ2n) is 3.21. The zero-order chi connectivity index (χ0) is 9.26. The number of hydrogen-bond donors (Lipinski definition) is 1. The SMILES string of the molecule is CC(CO)c1ccc2oncc2c1. The molecule has 1 heterocycles. The van der Waals surface area contributed by atoms with Gasteiger partial charge in [-0.2, -0.15) is 0 Å². The van der Waals surface area contributed by atoms with Gasteiger partial charge >= 0.3 is 0 Å². The first-order valence-corrected chi connectivity index (χ1v) is 4.26. The van der Waals surface area contributed by atoms with E-state index in [2.05, 4.69) is 5.16 Å². The van der Waals surface area contributed by atoms with Crippen LogP contribution in [0.5, 0.6) is 0 Å². The van der Waals surface area contributed by atoms with Gasteiger partial charge in [-0.25, -0.2) is 0 Å².